The number of nitrogens with one attached hydrogen (secondary N) is 2. The van der Waals surface area contributed by atoms with Crippen molar-refractivity contribution in [2.75, 3.05) is 57.1 Å². The fourth-order valence-corrected chi connectivity index (χ4v) is 4.09. The van der Waals surface area contributed by atoms with Crippen LogP contribution < -0.4 is 25.8 Å². The van der Waals surface area contributed by atoms with Gasteiger partial charge in [0, 0.05) is 51.3 Å². The lowest BCUT2D eigenvalue weighted by atomic mass is 10.1. The number of likely N-dealkylation sites (N-methyl/N-ethyl adjacent to an activating group) is 2. The van der Waals surface area contributed by atoms with Crippen LogP contribution in [0.4, 0.5) is 17.3 Å². The average Bonchev–Trinajstić information content (AvgIpc) is 2.92. The number of pyridine rings is 2. The van der Waals surface area contributed by atoms with Crippen molar-refractivity contribution in [2.45, 2.75) is 13.8 Å². The van der Waals surface area contributed by atoms with E-state index in [0.29, 0.717) is 33.4 Å². The zero-order valence-electron chi connectivity index (χ0n) is 21.8. The quantitative estimate of drug-likeness (QED) is 0.504. The van der Waals surface area contributed by atoms with E-state index in [1.165, 1.54) is 11.6 Å². The van der Waals surface area contributed by atoms with Gasteiger partial charge in [0.1, 0.15) is 11.9 Å². The van der Waals surface area contributed by atoms with Gasteiger partial charge in [-0.25, -0.2) is 4.98 Å². The van der Waals surface area contributed by atoms with E-state index in [9.17, 15) is 14.9 Å². The van der Waals surface area contributed by atoms with E-state index in [4.69, 9.17) is 21.3 Å². The molecule has 0 unspecified atom stereocenters. The molecule has 0 aliphatic carbocycles. The topological polar surface area (TPSA) is 116 Å². The van der Waals surface area contributed by atoms with Crippen molar-refractivity contribution in [3.63, 3.8) is 0 Å². The number of benzene rings is 1. The van der Waals surface area contributed by atoms with Gasteiger partial charge in [0.2, 0.25) is 0 Å². The summed E-state index contributed by atoms with van der Waals surface area (Å²) in [6.45, 7) is 7.04. The molecular formula is C26H32ClN7O3. The molecule has 2 aromatic heterocycles. The number of nitrogens with zero attached hydrogens (tertiary/aromatic N) is 5. The van der Waals surface area contributed by atoms with Gasteiger partial charge < -0.3 is 29.7 Å². The molecular weight excluding hydrogens is 494 g/mol. The maximum atomic E-state index is 12.6. The molecule has 37 heavy (non-hydrogen) atoms. The van der Waals surface area contributed by atoms with Gasteiger partial charge in [0.05, 0.1) is 16.1 Å². The van der Waals surface area contributed by atoms with E-state index in [1.54, 1.807) is 25.2 Å². The monoisotopic (exact) mass is 525 g/mol. The number of anilines is 3. The Morgan fingerprint density at radius 3 is 2.51 bits per heavy atom. The summed E-state index contributed by atoms with van der Waals surface area (Å²) >= 11 is 6.46. The van der Waals surface area contributed by atoms with Crippen molar-refractivity contribution >= 4 is 45.7 Å². The lowest BCUT2D eigenvalue weighted by Gasteiger charge is -2.33. The molecule has 3 aromatic rings. The first kappa shape index (κ1) is 27.8. The summed E-state index contributed by atoms with van der Waals surface area (Å²) < 4.78 is 6.90. The molecule has 2 N–H and O–H groups in total. The van der Waals surface area contributed by atoms with Gasteiger partial charge in [-0.2, -0.15) is 5.26 Å². The maximum absolute atomic E-state index is 12.6. The molecule has 0 atom stereocenters. The molecule has 1 fully saturated rings. The van der Waals surface area contributed by atoms with Crippen molar-refractivity contribution in [1.82, 2.24) is 19.8 Å². The number of carbonyl (C=O) groups is 1. The minimum absolute atomic E-state index is 0.0765. The third-order valence-corrected chi connectivity index (χ3v) is 6.26. The third kappa shape index (κ3) is 6.31. The smallest absolute Gasteiger partial charge is 0.293 e. The Kier molecular flexibility index (Phi) is 9.33. The van der Waals surface area contributed by atoms with Crippen molar-refractivity contribution in [3.8, 4) is 11.8 Å². The molecule has 0 radical (unpaired) electrons. The van der Waals surface area contributed by atoms with E-state index in [2.05, 4.69) is 33.6 Å². The molecule has 1 aliphatic rings. The molecule has 3 heterocycles. The molecule has 1 aromatic carbocycles. The van der Waals surface area contributed by atoms with Crippen LogP contribution in [-0.2, 0) is 11.8 Å². The van der Waals surface area contributed by atoms with Crippen LogP contribution in [-0.4, -0.2) is 67.2 Å². The number of hydrogen-bond acceptors (Lipinski definition) is 8. The Balaban J connectivity index is 0.00000186. The highest BCUT2D eigenvalue weighted by molar-refractivity contribution is 6.33. The molecule has 1 saturated heterocycles. The molecule has 1 aliphatic heterocycles. The number of piperazine rings is 1. The first-order valence-corrected chi connectivity index (χ1v) is 12.5. The van der Waals surface area contributed by atoms with Crippen molar-refractivity contribution in [3.05, 3.63) is 51.3 Å². The number of aromatic nitrogens is 2. The van der Waals surface area contributed by atoms with Crippen LogP contribution in [0.5, 0.6) is 5.75 Å². The number of rotatable bonds is 6. The van der Waals surface area contributed by atoms with E-state index >= 15 is 0 Å². The molecule has 11 heteroatoms. The highest BCUT2D eigenvalue weighted by Gasteiger charge is 2.21. The molecule has 0 saturated carbocycles. The summed E-state index contributed by atoms with van der Waals surface area (Å²) in [5.41, 5.74) is 1.48. The van der Waals surface area contributed by atoms with E-state index in [1.807, 2.05) is 26.0 Å². The number of carbonyl (C=O) groups excluding carboxylic acids is 1. The van der Waals surface area contributed by atoms with E-state index in [-0.39, 0.29) is 23.8 Å². The van der Waals surface area contributed by atoms with Crippen LogP contribution in [0.2, 0.25) is 5.02 Å². The van der Waals surface area contributed by atoms with E-state index < -0.39 is 0 Å². The van der Waals surface area contributed by atoms with Crippen LogP contribution in [0.1, 0.15) is 19.4 Å². The number of hydrogen-bond donors (Lipinski definition) is 2. The van der Waals surface area contributed by atoms with Crippen molar-refractivity contribution < 1.29 is 9.53 Å². The van der Waals surface area contributed by atoms with Crippen LogP contribution in [0, 0.1) is 11.3 Å². The summed E-state index contributed by atoms with van der Waals surface area (Å²) in [6.07, 6.45) is 0. The molecule has 0 spiro atoms. The third-order valence-electron chi connectivity index (χ3n) is 5.97. The number of nitriles is 1. The molecule has 4 rings (SSSR count). The van der Waals surface area contributed by atoms with Crippen molar-refractivity contribution in [1.29, 1.82) is 5.26 Å². The SMILES string of the molecule is CC.CNC(=O)COc1cc2cc(Nc3nc(N4CCN(C)CC4)c(C#N)cc3Cl)ccc2n(C)c1=O. The lowest BCUT2D eigenvalue weighted by Crippen LogP contribution is -2.45. The second-order valence-corrected chi connectivity index (χ2v) is 8.73. The fraction of sp³-hybridized carbons (Fsp3) is 0.385. The number of amides is 1. The molecule has 0 bridgehead atoms. The summed E-state index contributed by atoms with van der Waals surface area (Å²) in [7, 11) is 5.21. The zero-order chi connectivity index (χ0) is 27.1. The van der Waals surface area contributed by atoms with Crippen LogP contribution in [0.15, 0.2) is 35.1 Å². The number of halogens is 1. The Bertz CT molecular complexity index is 1380. The van der Waals surface area contributed by atoms with Gasteiger partial charge in [-0.05, 0) is 37.4 Å². The normalized spacial score (nSPS) is 13.4. The predicted molar refractivity (Wildman–Crippen MR) is 147 cm³/mol. The van der Waals surface area contributed by atoms with Gasteiger partial charge in [-0.15, -0.1) is 0 Å². The van der Waals surface area contributed by atoms with Gasteiger partial charge in [0.25, 0.3) is 11.5 Å². The minimum atomic E-state index is -0.337. The van der Waals surface area contributed by atoms with Gasteiger partial charge >= 0.3 is 0 Å². The average molecular weight is 526 g/mol. The predicted octanol–water partition coefficient (Wildman–Crippen LogP) is 3.10. The standard InChI is InChI=1S/C24H26ClN7O3.C2H6/c1-27-21(33)14-35-20-12-15-10-17(4-5-19(15)31(3)24(20)34)28-22-18(25)11-16(13-26)23(29-22)32-8-6-30(2)7-9-32;1-2/h4-5,10-12H,6-9,14H2,1-3H3,(H,27,33)(H,28,29);1-2H3. The summed E-state index contributed by atoms with van der Waals surface area (Å²) in [5.74, 6) is 0.772. The Hall–Kier alpha value is -3.81. The van der Waals surface area contributed by atoms with Gasteiger partial charge in [-0.1, -0.05) is 25.4 Å². The second kappa shape index (κ2) is 12.4. The largest absolute Gasteiger partial charge is 0.478 e. The number of aryl methyl sites for hydroxylation is 1. The molecule has 196 valence electrons. The van der Waals surface area contributed by atoms with Crippen LogP contribution >= 0.6 is 11.6 Å². The van der Waals surface area contributed by atoms with Gasteiger partial charge in [0.15, 0.2) is 18.2 Å². The fourth-order valence-electron chi connectivity index (χ4n) is 3.89. The summed E-state index contributed by atoms with van der Waals surface area (Å²) in [5, 5.41) is 16.4. The maximum Gasteiger partial charge on any atom is 0.293 e. The Labute approximate surface area is 221 Å². The number of ether oxygens (including phenoxy) is 1. The van der Waals surface area contributed by atoms with Crippen LogP contribution in [0.25, 0.3) is 10.9 Å². The second-order valence-electron chi connectivity index (χ2n) is 8.33. The van der Waals surface area contributed by atoms with Crippen molar-refractivity contribution in [2.24, 2.45) is 7.05 Å². The summed E-state index contributed by atoms with van der Waals surface area (Å²) in [6, 6.07) is 10.9. The highest BCUT2D eigenvalue weighted by atomic mass is 35.5. The zero-order valence-corrected chi connectivity index (χ0v) is 22.5. The first-order valence-electron chi connectivity index (χ1n) is 12.1. The minimum Gasteiger partial charge on any atom is -0.478 e. The first-order chi connectivity index (χ1) is 17.8. The lowest BCUT2D eigenvalue weighted by molar-refractivity contribution is -0.122. The Morgan fingerprint density at radius 2 is 1.86 bits per heavy atom. The number of fused-ring (bicyclic) bond motifs is 1. The Morgan fingerprint density at radius 1 is 1.16 bits per heavy atom. The summed E-state index contributed by atoms with van der Waals surface area (Å²) in [4.78, 5) is 33.1. The molecule has 10 nitrogen and oxygen atoms in total. The van der Waals surface area contributed by atoms with Crippen LogP contribution in [0.3, 0.4) is 0 Å². The molecule has 1 amide bonds. The highest BCUT2D eigenvalue weighted by Crippen LogP contribution is 2.31. The van der Waals surface area contributed by atoms with E-state index in [0.717, 1.165) is 31.6 Å². The van der Waals surface area contributed by atoms with Gasteiger partial charge in [-0.3, -0.25) is 9.59 Å².